The molecule has 1 fully saturated rings. The fourth-order valence-corrected chi connectivity index (χ4v) is 3.87. The summed E-state index contributed by atoms with van der Waals surface area (Å²) < 4.78 is 1.54. The number of rotatable bonds is 3. The van der Waals surface area contributed by atoms with Gasteiger partial charge in [0.15, 0.2) is 0 Å². The van der Waals surface area contributed by atoms with Gasteiger partial charge in [-0.1, -0.05) is 30.3 Å². The van der Waals surface area contributed by atoms with Crippen LogP contribution in [0, 0.1) is 0 Å². The lowest BCUT2D eigenvalue weighted by Gasteiger charge is -2.18. The van der Waals surface area contributed by atoms with Crippen molar-refractivity contribution in [3.63, 3.8) is 0 Å². The van der Waals surface area contributed by atoms with Gasteiger partial charge in [0.25, 0.3) is 11.5 Å². The number of hydrogen-bond donors (Lipinski definition) is 1. The van der Waals surface area contributed by atoms with Crippen LogP contribution in [0.15, 0.2) is 59.4 Å². The Labute approximate surface area is 161 Å². The molecule has 0 saturated carbocycles. The van der Waals surface area contributed by atoms with Gasteiger partial charge < -0.3 is 14.6 Å². The molecule has 1 N–H and O–H groups in total. The molecule has 0 unspecified atom stereocenters. The fraction of sp³-hybridized carbons (Fsp3) is 0.227. The molecule has 0 bridgehead atoms. The van der Waals surface area contributed by atoms with E-state index < -0.39 is 5.97 Å². The highest BCUT2D eigenvalue weighted by Crippen LogP contribution is 2.29. The van der Waals surface area contributed by atoms with Gasteiger partial charge in [0.1, 0.15) is 0 Å². The minimum absolute atomic E-state index is 0.140. The minimum Gasteiger partial charge on any atom is -0.478 e. The quantitative estimate of drug-likeness (QED) is 0.762. The van der Waals surface area contributed by atoms with Crippen molar-refractivity contribution in [2.24, 2.45) is 7.05 Å². The lowest BCUT2D eigenvalue weighted by Crippen LogP contribution is -2.30. The Bertz CT molecular complexity index is 1130. The third kappa shape index (κ3) is 3.07. The summed E-state index contributed by atoms with van der Waals surface area (Å²) in [4.78, 5) is 38.2. The highest BCUT2D eigenvalue weighted by molar-refractivity contribution is 6.06. The SMILES string of the molecule is Cn1c(=O)cc(C(=O)N2CC[C@@H](c3ccc(C(=O)O)cc3)C2)c2ccccc21. The van der Waals surface area contributed by atoms with Crippen molar-refractivity contribution in [2.75, 3.05) is 13.1 Å². The molecule has 0 aliphatic carbocycles. The summed E-state index contributed by atoms with van der Waals surface area (Å²) in [5, 5.41) is 9.80. The smallest absolute Gasteiger partial charge is 0.335 e. The normalized spacial score (nSPS) is 16.5. The first-order chi connectivity index (χ1) is 13.5. The predicted molar refractivity (Wildman–Crippen MR) is 106 cm³/mol. The summed E-state index contributed by atoms with van der Waals surface area (Å²) in [6, 6.07) is 15.6. The molecule has 1 atom stereocenters. The zero-order valence-electron chi connectivity index (χ0n) is 15.5. The molecule has 142 valence electrons. The van der Waals surface area contributed by atoms with Crippen LogP contribution in [0.1, 0.15) is 38.6 Å². The number of amides is 1. The van der Waals surface area contributed by atoms with Crippen molar-refractivity contribution in [2.45, 2.75) is 12.3 Å². The van der Waals surface area contributed by atoms with Crippen LogP contribution in [-0.2, 0) is 7.05 Å². The number of para-hydroxylation sites is 1. The van der Waals surface area contributed by atoms with E-state index in [4.69, 9.17) is 5.11 Å². The number of carbonyl (C=O) groups excluding carboxylic acids is 1. The maximum absolute atomic E-state index is 13.1. The summed E-state index contributed by atoms with van der Waals surface area (Å²) >= 11 is 0. The van der Waals surface area contributed by atoms with Gasteiger partial charge in [-0.3, -0.25) is 9.59 Å². The lowest BCUT2D eigenvalue weighted by atomic mass is 9.97. The third-order valence-electron chi connectivity index (χ3n) is 5.49. The van der Waals surface area contributed by atoms with Crippen LogP contribution in [0.25, 0.3) is 10.9 Å². The molecule has 0 radical (unpaired) electrons. The molecule has 6 nitrogen and oxygen atoms in total. The van der Waals surface area contributed by atoms with Gasteiger partial charge in [-0.15, -0.1) is 0 Å². The first kappa shape index (κ1) is 18.0. The minimum atomic E-state index is -0.952. The van der Waals surface area contributed by atoms with E-state index in [-0.39, 0.29) is 22.9 Å². The van der Waals surface area contributed by atoms with Crippen LogP contribution in [0.4, 0.5) is 0 Å². The topological polar surface area (TPSA) is 79.6 Å². The van der Waals surface area contributed by atoms with Crippen LogP contribution < -0.4 is 5.56 Å². The molecule has 1 aliphatic rings. The molecule has 1 aliphatic heterocycles. The van der Waals surface area contributed by atoms with E-state index in [1.807, 2.05) is 36.4 Å². The van der Waals surface area contributed by atoms with E-state index in [9.17, 15) is 14.4 Å². The Balaban J connectivity index is 1.60. The van der Waals surface area contributed by atoms with E-state index in [1.54, 1.807) is 28.6 Å². The molecule has 1 amide bonds. The van der Waals surface area contributed by atoms with Crippen LogP contribution in [0.5, 0.6) is 0 Å². The van der Waals surface area contributed by atoms with Crippen LogP contribution >= 0.6 is 0 Å². The maximum Gasteiger partial charge on any atom is 0.335 e. The van der Waals surface area contributed by atoms with Crippen LogP contribution in [0.2, 0.25) is 0 Å². The van der Waals surface area contributed by atoms with Crippen molar-refractivity contribution < 1.29 is 14.7 Å². The molecule has 28 heavy (non-hydrogen) atoms. The molecule has 6 heteroatoms. The highest BCUT2D eigenvalue weighted by Gasteiger charge is 2.29. The average Bonchev–Trinajstić information content (AvgIpc) is 3.20. The Morgan fingerprint density at radius 3 is 2.50 bits per heavy atom. The number of carbonyl (C=O) groups is 2. The zero-order valence-corrected chi connectivity index (χ0v) is 15.5. The molecule has 3 aromatic rings. The van der Waals surface area contributed by atoms with E-state index >= 15 is 0 Å². The molecule has 2 aromatic carbocycles. The number of nitrogens with zero attached hydrogens (tertiary/aromatic N) is 2. The van der Waals surface area contributed by atoms with Gasteiger partial charge in [0.05, 0.1) is 16.6 Å². The molecular weight excluding hydrogens is 356 g/mol. The molecule has 4 rings (SSSR count). The second-order valence-electron chi connectivity index (χ2n) is 7.14. The monoisotopic (exact) mass is 376 g/mol. The van der Waals surface area contributed by atoms with Gasteiger partial charge in [-0.25, -0.2) is 4.79 Å². The number of benzene rings is 2. The Kier molecular flexibility index (Phi) is 4.47. The van der Waals surface area contributed by atoms with E-state index in [2.05, 4.69) is 0 Å². The molecule has 2 heterocycles. The summed E-state index contributed by atoms with van der Waals surface area (Å²) in [5.41, 5.74) is 2.23. The van der Waals surface area contributed by atoms with Crippen molar-refractivity contribution in [1.29, 1.82) is 0 Å². The lowest BCUT2D eigenvalue weighted by molar-refractivity contribution is 0.0696. The van der Waals surface area contributed by atoms with Gasteiger partial charge in [-0.05, 0) is 30.2 Å². The zero-order chi connectivity index (χ0) is 19.8. The van der Waals surface area contributed by atoms with Crippen molar-refractivity contribution in [1.82, 2.24) is 9.47 Å². The summed E-state index contributed by atoms with van der Waals surface area (Å²) in [5.74, 6) is -0.935. The number of likely N-dealkylation sites (tertiary alicyclic amines) is 1. The van der Waals surface area contributed by atoms with E-state index in [0.29, 0.717) is 18.7 Å². The maximum atomic E-state index is 13.1. The third-order valence-corrected chi connectivity index (χ3v) is 5.49. The first-order valence-electron chi connectivity index (χ1n) is 9.17. The van der Waals surface area contributed by atoms with E-state index in [1.165, 1.54) is 6.07 Å². The largest absolute Gasteiger partial charge is 0.478 e. The van der Waals surface area contributed by atoms with Crippen molar-refractivity contribution in [3.8, 4) is 0 Å². The van der Waals surface area contributed by atoms with Gasteiger partial charge in [-0.2, -0.15) is 0 Å². The van der Waals surface area contributed by atoms with Crippen LogP contribution in [-0.4, -0.2) is 39.5 Å². The summed E-state index contributed by atoms with van der Waals surface area (Å²) in [7, 11) is 1.70. The standard InChI is InChI=1S/C22H20N2O4/c1-23-19-5-3-2-4-17(19)18(12-20(23)25)21(26)24-11-10-16(13-24)14-6-8-15(9-7-14)22(27)28/h2-9,12,16H,10-11,13H2,1H3,(H,27,28)/t16-/m1/s1. The van der Waals surface area contributed by atoms with E-state index in [0.717, 1.165) is 22.9 Å². The van der Waals surface area contributed by atoms with Crippen molar-refractivity contribution >= 4 is 22.8 Å². The van der Waals surface area contributed by atoms with Crippen molar-refractivity contribution in [3.05, 3.63) is 81.6 Å². The molecule has 1 saturated heterocycles. The number of carboxylic acids is 1. The Morgan fingerprint density at radius 1 is 1.07 bits per heavy atom. The van der Waals surface area contributed by atoms with Gasteiger partial charge >= 0.3 is 5.97 Å². The van der Waals surface area contributed by atoms with Gasteiger partial charge in [0.2, 0.25) is 0 Å². The van der Waals surface area contributed by atoms with Crippen LogP contribution in [0.3, 0.4) is 0 Å². The molecular formula is C22H20N2O4. The first-order valence-corrected chi connectivity index (χ1v) is 9.17. The number of pyridine rings is 1. The second-order valence-corrected chi connectivity index (χ2v) is 7.14. The number of aryl methyl sites for hydroxylation is 1. The number of hydrogen-bond acceptors (Lipinski definition) is 3. The average molecular weight is 376 g/mol. The summed E-state index contributed by atoms with van der Waals surface area (Å²) in [6.07, 6.45) is 0.806. The number of aromatic nitrogens is 1. The number of aromatic carboxylic acids is 1. The predicted octanol–water partition coefficient (Wildman–Crippen LogP) is 2.87. The fourth-order valence-electron chi connectivity index (χ4n) is 3.87. The Hall–Kier alpha value is -3.41. The van der Waals surface area contributed by atoms with Gasteiger partial charge in [0, 0.05) is 37.5 Å². The Morgan fingerprint density at radius 2 is 1.79 bits per heavy atom. The molecule has 0 spiro atoms. The highest BCUT2D eigenvalue weighted by atomic mass is 16.4. The molecule has 1 aromatic heterocycles. The summed E-state index contributed by atoms with van der Waals surface area (Å²) in [6.45, 7) is 1.16. The number of carboxylic acid groups (broad SMARTS) is 1. The number of fused-ring (bicyclic) bond motifs is 1. The second kappa shape index (κ2) is 6.96.